The highest BCUT2D eigenvalue weighted by molar-refractivity contribution is 5.75. The van der Waals surface area contributed by atoms with E-state index in [1.807, 2.05) is 29.0 Å². The molecule has 0 spiro atoms. The largest absolute Gasteiger partial charge is 0.326 e. The molecule has 2 aromatic rings. The first-order valence-electron chi connectivity index (χ1n) is 11.9. The minimum absolute atomic E-state index is 0.0382. The quantitative estimate of drug-likeness (QED) is 0.823. The average Bonchev–Trinajstić information content (AvgIpc) is 3.15. The number of benzene rings is 1. The number of hydrogen-bond donors (Lipinski definition) is 1. The number of dihydropyridines is 1. The van der Waals surface area contributed by atoms with Gasteiger partial charge in [0.05, 0.1) is 11.0 Å². The number of H-pyrrole nitrogens is 1. The van der Waals surface area contributed by atoms with Crippen molar-refractivity contribution < 1.29 is 0 Å². The molecule has 2 saturated heterocycles. The van der Waals surface area contributed by atoms with Gasteiger partial charge < -0.3 is 9.88 Å². The maximum absolute atomic E-state index is 12.6. The van der Waals surface area contributed by atoms with Crippen molar-refractivity contribution in [1.29, 1.82) is 0 Å². The highest BCUT2D eigenvalue weighted by Gasteiger charge is 2.38. The van der Waals surface area contributed by atoms with Gasteiger partial charge in [0.1, 0.15) is 0 Å². The van der Waals surface area contributed by atoms with E-state index >= 15 is 0 Å². The first-order valence-corrected chi connectivity index (χ1v) is 11.9. The molecule has 2 fully saturated rings. The van der Waals surface area contributed by atoms with Crippen molar-refractivity contribution >= 4 is 17.2 Å². The molecule has 6 nitrogen and oxygen atoms in total. The van der Waals surface area contributed by atoms with Crippen LogP contribution >= 0.6 is 0 Å². The molecule has 1 unspecified atom stereocenters. The van der Waals surface area contributed by atoms with Gasteiger partial charge in [-0.15, -0.1) is 0 Å². The number of piperidine rings is 2. The van der Waals surface area contributed by atoms with Crippen LogP contribution < -0.4 is 5.69 Å². The van der Waals surface area contributed by atoms with E-state index in [0.717, 1.165) is 56.6 Å². The van der Waals surface area contributed by atoms with E-state index in [4.69, 9.17) is 0 Å². The second-order valence-electron chi connectivity index (χ2n) is 9.96. The molecule has 0 aliphatic carbocycles. The summed E-state index contributed by atoms with van der Waals surface area (Å²) in [6, 6.07) is 9.03. The van der Waals surface area contributed by atoms with Crippen molar-refractivity contribution in [2.45, 2.75) is 57.2 Å². The number of imidazole rings is 1. The van der Waals surface area contributed by atoms with Crippen LogP contribution in [0.1, 0.15) is 45.6 Å². The van der Waals surface area contributed by atoms with Gasteiger partial charge in [0.25, 0.3) is 0 Å². The molecule has 0 amide bonds. The Morgan fingerprint density at radius 1 is 1.00 bits per heavy atom. The van der Waals surface area contributed by atoms with Crippen LogP contribution in [0.15, 0.2) is 46.2 Å². The molecule has 1 aromatic carbocycles. The number of rotatable bonds is 4. The number of nitrogens with one attached hydrogen (secondary N) is 1. The van der Waals surface area contributed by atoms with E-state index in [0.29, 0.717) is 18.0 Å². The highest BCUT2D eigenvalue weighted by Crippen LogP contribution is 2.33. The number of aromatic amines is 1. The Morgan fingerprint density at radius 2 is 1.71 bits per heavy atom. The van der Waals surface area contributed by atoms with E-state index in [2.05, 4.69) is 51.8 Å². The lowest BCUT2D eigenvalue weighted by molar-refractivity contribution is 0.0197. The molecule has 1 aromatic heterocycles. The summed E-state index contributed by atoms with van der Waals surface area (Å²) < 4.78 is 2.00. The van der Waals surface area contributed by atoms with E-state index in [1.54, 1.807) is 0 Å². The third-order valence-corrected chi connectivity index (χ3v) is 8.03. The van der Waals surface area contributed by atoms with E-state index in [1.165, 1.54) is 12.8 Å². The number of hydrogen-bond acceptors (Lipinski definition) is 4. The topological polar surface area (TPSA) is 56.6 Å². The van der Waals surface area contributed by atoms with Crippen LogP contribution in [0.3, 0.4) is 0 Å². The summed E-state index contributed by atoms with van der Waals surface area (Å²) in [6.45, 7) is 10.2. The van der Waals surface area contributed by atoms with Crippen LogP contribution in [0.25, 0.3) is 11.0 Å². The van der Waals surface area contributed by atoms with Crippen molar-refractivity contribution in [2.24, 2.45) is 10.9 Å². The number of allylic oxidation sites excluding steroid dienone is 1. The molecule has 4 heterocycles. The zero-order valence-electron chi connectivity index (χ0n) is 18.8. The van der Waals surface area contributed by atoms with Crippen LogP contribution in [0, 0.1) is 5.92 Å². The summed E-state index contributed by atoms with van der Waals surface area (Å²) >= 11 is 0. The van der Waals surface area contributed by atoms with E-state index < -0.39 is 0 Å². The van der Waals surface area contributed by atoms with Gasteiger partial charge in [-0.25, -0.2) is 4.79 Å². The van der Waals surface area contributed by atoms with Crippen LogP contribution in [0.4, 0.5) is 0 Å². The molecular weight excluding hydrogens is 386 g/mol. The van der Waals surface area contributed by atoms with Crippen molar-refractivity contribution in [1.82, 2.24) is 19.4 Å². The first-order chi connectivity index (χ1) is 15.0. The number of nitrogens with zero attached hydrogens (tertiary/aromatic N) is 4. The molecule has 1 atom stereocenters. The molecule has 3 aliphatic rings. The minimum atomic E-state index is 0.0382. The molecule has 31 heavy (non-hydrogen) atoms. The summed E-state index contributed by atoms with van der Waals surface area (Å²) in [5, 5.41) is 0. The van der Waals surface area contributed by atoms with Gasteiger partial charge in [-0.1, -0.05) is 18.2 Å². The van der Waals surface area contributed by atoms with Crippen LogP contribution in [-0.2, 0) is 0 Å². The first kappa shape index (κ1) is 20.7. The summed E-state index contributed by atoms with van der Waals surface area (Å²) in [5.41, 5.74) is 2.19. The van der Waals surface area contributed by atoms with E-state index in [9.17, 15) is 4.79 Å². The van der Waals surface area contributed by atoms with Crippen molar-refractivity contribution in [3.05, 3.63) is 46.9 Å². The fourth-order valence-electron chi connectivity index (χ4n) is 5.93. The second-order valence-corrected chi connectivity index (χ2v) is 9.96. The number of fused-ring (bicyclic) bond motifs is 1. The van der Waals surface area contributed by atoms with Gasteiger partial charge >= 0.3 is 5.69 Å². The van der Waals surface area contributed by atoms with Gasteiger partial charge in [-0.05, 0) is 57.7 Å². The van der Waals surface area contributed by atoms with Gasteiger partial charge in [0, 0.05) is 62.5 Å². The summed E-state index contributed by atoms with van der Waals surface area (Å²) in [6.07, 6.45) is 10.9. The normalized spacial score (nSPS) is 24.9. The predicted molar refractivity (Wildman–Crippen MR) is 127 cm³/mol. The number of para-hydroxylation sites is 2. The third-order valence-electron chi connectivity index (χ3n) is 8.03. The zero-order valence-corrected chi connectivity index (χ0v) is 18.8. The zero-order chi connectivity index (χ0) is 21.4. The molecule has 0 radical (unpaired) electrons. The second kappa shape index (κ2) is 8.40. The predicted octanol–water partition coefficient (Wildman–Crippen LogP) is 3.47. The molecule has 0 saturated carbocycles. The SMILES string of the molecule is CC(C)(C1C=CC=NC1)N1CCC(N2CCC(n3c(=O)[nH]c4ccccc43)CC2)CC1. The number of likely N-dealkylation sites (tertiary alicyclic amines) is 2. The fourth-order valence-corrected chi connectivity index (χ4v) is 5.93. The molecular formula is C25H35N5O. The third kappa shape index (κ3) is 3.92. The Bertz CT molecular complexity index is 1020. The molecule has 166 valence electrons. The molecule has 1 N–H and O–H groups in total. The number of aromatic nitrogens is 2. The lowest BCUT2D eigenvalue weighted by Gasteiger charge is -2.49. The molecule has 0 bridgehead atoms. The standard InChI is InChI=1S/C25H35N5O/c1-25(2,19-6-5-13-26-18-19)29-16-11-20(12-17-29)28-14-9-21(10-15-28)30-23-8-4-3-7-22(23)27-24(30)31/h3-8,13,19-21H,9-12,14-18H2,1-2H3,(H,27,31). The summed E-state index contributed by atoms with van der Waals surface area (Å²) in [5.74, 6) is 0.499. The fraction of sp³-hybridized carbons (Fsp3) is 0.600. The van der Waals surface area contributed by atoms with Crippen LogP contribution in [-0.4, -0.2) is 69.9 Å². The lowest BCUT2D eigenvalue weighted by Crippen LogP contribution is -2.56. The Kier molecular flexibility index (Phi) is 5.61. The van der Waals surface area contributed by atoms with Crippen molar-refractivity contribution in [2.75, 3.05) is 32.7 Å². The number of aliphatic imine (C=N–C) groups is 1. The van der Waals surface area contributed by atoms with E-state index in [-0.39, 0.29) is 11.2 Å². The molecule has 6 heteroatoms. The maximum atomic E-state index is 12.6. The smallest absolute Gasteiger partial charge is 0.306 e. The van der Waals surface area contributed by atoms with Gasteiger partial charge in [0.2, 0.25) is 0 Å². The van der Waals surface area contributed by atoms with Gasteiger partial charge in [0.15, 0.2) is 0 Å². The van der Waals surface area contributed by atoms with Crippen molar-refractivity contribution in [3.63, 3.8) is 0 Å². The minimum Gasteiger partial charge on any atom is -0.306 e. The lowest BCUT2D eigenvalue weighted by atomic mass is 9.82. The average molecular weight is 422 g/mol. The van der Waals surface area contributed by atoms with Gasteiger partial charge in [-0.2, -0.15) is 0 Å². The Morgan fingerprint density at radius 3 is 2.42 bits per heavy atom. The Labute approximate surface area is 184 Å². The Hall–Kier alpha value is -2.18. The Balaban J connectivity index is 1.18. The highest BCUT2D eigenvalue weighted by atomic mass is 16.1. The summed E-state index contributed by atoms with van der Waals surface area (Å²) in [4.78, 5) is 25.4. The molecule has 5 rings (SSSR count). The summed E-state index contributed by atoms with van der Waals surface area (Å²) in [7, 11) is 0. The molecule has 3 aliphatic heterocycles. The van der Waals surface area contributed by atoms with Crippen LogP contribution in [0.2, 0.25) is 0 Å². The monoisotopic (exact) mass is 421 g/mol. The van der Waals surface area contributed by atoms with Gasteiger partial charge in [-0.3, -0.25) is 14.5 Å². The maximum Gasteiger partial charge on any atom is 0.326 e. The van der Waals surface area contributed by atoms with Crippen LogP contribution in [0.5, 0.6) is 0 Å². The van der Waals surface area contributed by atoms with Crippen molar-refractivity contribution in [3.8, 4) is 0 Å².